The van der Waals surface area contributed by atoms with Crippen LogP contribution in [0.5, 0.6) is 0 Å². The summed E-state index contributed by atoms with van der Waals surface area (Å²) in [6.07, 6.45) is 0.644. The molecule has 1 heterocycles. The number of halogens is 1. The van der Waals surface area contributed by atoms with Gasteiger partial charge in [0.05, 0.1) is 11.0 Å². The molecule has 0 bridgehead atoms. The molecule has 7 nitrogen and oxygen atoms in total. The van der Waals surface area contributed by atoms with Gasteiger partial charge in [0.25, 0.3) is 0 Å². The number of carbonyl (C=O) groups is 1. The quantitative estimate of drug-likeness (QED) is 0.481. The van der Waals surface area contributed by atoms with Crippen LogP contribution in [0.15, 0.2) is 54.6 Å². The van der Waals surface area contributed by atoms with Crippen LogP contribution in [0.1, 0.15) is 23.6 Å². The number of para-hydroxylation sites is 1. The molecule has 0 saturated heterocycles. The number of thioether (sulfide) groups is 1. The zero-order chi connectivity index (χ0) is 21.3. The number of rotatable bonds is 9. The lowest BCUT2D eigenvalue weighted by Crippen LogP contribution is -2.27. The lowest BCUT2D eigenvalue weighted by Gasteiger charge is -2.12. The molecule has 9 heteroatoms. The van der Waals surface area contributed by atoms with Gasteiger partial charge < -0.3 is 16.4 Å². The maximum absolute atomic E-state index is 12.9. The number of nitrogens with one attached hydrogen (secondary N) is 2. The first-order valence-corrected chi connectivity index (χ1v) is 10.5. The number of nitrogen functional groups attached to an aromatic ring is 1. The van der Waals surface area contributed by atoms with Crippen LogP contribution in [0.25, 0.3) is 0 Å². The first-order chi connectivity index (χ1) is 14.5. The van der Waals surface area contributed by atoms with Crippen molar-refractivity contribution < 1.29 is 9.18 Å². The number of hydrogen-bond acceptors (Lipinski definition) is 7. The van der Waals surface area contributed by atoms with Crippen LogP contribution in [0.2, 0.25) is 0 Å². The summed E-state index contributed by atoms with van der Waals surface area (Å²) in [5.41, 5.74) is 7.63. The molecule has 2 aromatic carbocycles. The van der Waals surface area contributed by atoms with Crippen molar-refractivity contribution in [1.29, 1.82) is 0 Å². The molecule has 1 aromatic heterocycles. The van der Waals surface area contributed by atoms with Crippen LogP contribution in [0.3, 0.4) is 0 Å². The van der Waals surface area contributed by atoms with E-state index in [0.717, 1.165) is 11.3 Å². The van der Waals surface area contributed by atoms with Gasteiger partial charge >= 0.3 is 0 Å². The first-order valence-electron chi connectivity index (χ1n) is 9.46. The van der Waals surface area contributed by atoms with Crippen molar-refractivity contribution in [1.82, 2.24) is 20.3 Å². The smallest absolute Gasteiger partial charge is 0.232 e. The Hall–Kier alpha value is -3.20. The lowest BCUT2D eigenvalue weighted by atomic mass is 10.1. The minimum absolute atomic E-state index is 0.0846. The highest BCUT2D eigenvalue weighted by Gasteiger charge is 2.15. The molecule has 0 radical (unpaired) electrons. The van der Waals surface area contributed by atoms with Crippen molar-refractivity contribution in [2.24, 2.45) is 0 Å². The van der Waals surface area contributed by atoms with Gasteiger partial charge in [-0.3, -0.25) is 4.79 Å². The molecule has 0 aliphatic carbocycles. The molecule has 3 aromatic rings. The van der Waals surface area contributed by atoms with Crippen molar-refractivity contribution in [3.05, 3.63) is 71.8 Å². The second-order valence-corrected chi connectivity index (χ2v) is 7.88. The van der Waals surface area contributed by atoms with E-state index in [2.05, 4.69) is 25.6 Å². The average molecular weight is 427 g/mol. The Labute approximate surface area is 178 Å². The van der Waals surface area contributed by atoms with Gasteiger partial charge in [-0.2, -0.15) is 15.0 Å². The Morgan fingerprint density at radius 2 is 1.83 bits per heavy atom. The summed E-state index contributed by atoms with van der Waals surface area (Å²) in [4.78, 5) is 24.8. The van der Waals surface area contributed by atoms with E-state index >= 15 is 0 Å². The molecular formula is C21H23FN6OS. The highest BCUT2D eigenvalue weighted by atomic mass is 32.2. The first kappa shape index (κ1) is 21.5. The Morgan fingerprint density at radius 3 is 2.57 bits per heavy atom. The van der Waals surface area contributed by atoms with Crippen LogP contribution in [0, 0.1) is 5.82 Å². The number of nitrogens with two attached hydrogens (primary N) is 1. The Bertz CT molecular complexity index is 971. The Balaban J connectivity index is 1.48. The van der Waals surface area contributed by atoms with E-state index in [4.69, 9.17) is 5.73 Å². The molecule has 1 atom stereocenters. The van der Waals surface area contributed by atoms with E-state index in [9.17, 15) is 9.18 Å². The SMILES string of the molecule is C[C@H](SCC(=O)NCCc1ccc(F)cc1)c1nc(N)nc(Nc2ccccc2)n1. The number of amides is 1. The number of hydrogen-bond donors (Lipinski definition) is 3. The molecule has 0 saturated carbocycles. The van der Waals surface area contributed by atoms with E-state index in [1.807, 2.05) is 37.3 Å². The van der Waals surface area contributed by atoms with Gasteiger partial charge in [-0.25, -0.2) is 4.39 Å². The molecule has 4 N–H and O–H groups in total. The average Bonchev–Trinajstić information content (AvgIpc) is 2.74. The maximum Gasteiger partial charge on any atom is 0.232 e. The van der Waals surface area contributed by atoms with Crippen LogP contribution >= 0.6 is 11.8 Å². The molecule has 0 unspecified atom stereocenters. The second-order valence-electron chi connectivity index (χ2n) is 6.55. The minimum Gasteiger partial charge on any atom is -0.368 e. The summed E-state index contributed by atoms with van der Waals surface area (Å²) in [7, 11) is 0. The van der Waals surface area contributed by atoms with Crippen molar-refractivity contribution in [2.75, 3.05) is 23.3 Å². The molecule has 0 spiro atoms. The summed E-state index contributed by atoms with van der Waals surface area (Å²) >= 11 is 1.41. The number of benzene rings is 2. The number of aromatic nitrogens is 3. The van der Waals surface area contributed by atoms with Gasteiger partial charge in [0.15, 0.2) is 0 Å². The van der Waals surface area contributed by atoms with Crippen LogP contribution in [-0.2, 0) is 11.2 Å². The third-order valence-electron chi connectivity index (χ3n) is 4.18. The zero-order valence-electron chi connectivity index (χ0n) is 16.5. The van der Waals surface area contributed by atoms with E-state index in [0.29, 0.717) is 24.7 Å². The summed E-state index contributed by atoms with van der Waals surface area (Å²) in [5.74, 6) is 0.893. The topological polar surface area (TPSA) is 106 Å². The monoisotopic (exact) mass is 426 g/mol. The summed E-state index contributed by atoms with van der Waals surface area (Å²) < 4.78 is 12.9. The predicted octanol–water partition coefficient (Wildman–Crippen LogP) is 3.49. The van der Waals surface area contributed by atoms with E-state index < -0.39 is 0 Å². The summed E-state index contributed by atoms with van der Waals surface area (Å²) in [5, 5.41) is 5.82. The third-order valence-corrected chi connectivity index (χ3v) is 5.32. The molecular weight excluding hydrogens is 403 g/mol. The van der Waals surface area contributed by atoms with Crippen LogP contribution in [-0.4, -0.2) is 33.2 Å². The molecule has 156 valence electrons. The molecule has 1 amide bonds. The lowest BCUT2D eigenvalue weighted by molar-refractivity contribution is -0.118. The molecule has 0 aliphatic rings. The maximum atomic E-state index is 12.9. The fourth-order valence-corrected chi connectivity index (χ4v) is 3.38. The van der Waals surface area contributed by atoms with Gasteiger partial charge in [0.2, 0.25) is 17.8 Å². The second kappa shape index (κ2) is 10.5. The van der Waals surface area contributed by atoms with Gasteiger partial charge in [-0.15, -0.1) is 11.8 Å². The van der Waals surface area contributed by atoms with Crippen LogP contribution in [0.4, 0.5) is 22.0 Å². The zero-order valence-corrected chi connectivity index (χ0v) is 17.3. The number of nitrogens with zero attached hydrogens (tertiary/aromatic N) is 3. The Kier molecular flexibility index (Phi) is 7.56. The van der Waals surface area contributed by atoms with E-state index in [-0.39, 0.29) is 28.7 Å². The largest absolute Gasteiger partial charge is 0.368 e. The van der Waals surface area contributed by atoms with Crippen molar-refractivity contribution in [3.8, 4) is 0 Å². The Morgan fingerprint density at radius 1 is 1.10 bits per heavy atom. The molecule has 3 rings (SSSR count). The highest BCUT2D eigenvalue weighted by molar-refractivity contribution is 8.00. The summed E-state index contributed by atoms with van der Waals surface area (Å²) in [6.45, 7) is 2.40. The standard InChI is InChI=1S/C21H23FN6OS/c1-14(30-13-18(29)24-12-11-15-7-9-16(22)10-8-15)19-26-20(23)28-21(27-19)25-17-5-3-2-4-6-17/h2-10,14H,11-13H2,1H3,(H,24,29)(H3,23,25,26,27,28)/t14-/m0/s1. The molecule has 0 aliphatic heterocycles. The van der Waals surface area contributed by atoms with Gasteiger partial charge in [0.1, 0.15) is 11.6 Å². The van der Waals surface area contributed by atoms with Gasteiger partial charge in [-0.05, 0) is 43.2 Å². The number of anilines is 3. The molecule has 0 fully saturated rings. The fourth-order valence-electron chi connectivity index (χ4n) is 2.62. The van der Waals surface area contributed by atoms with Crippen molar-refractivity contribution in [3.63, 3.8) is 0 Å². The van der Waals surface area contributed by atoms with E-state index in [1.54, 1.807) is 12.1 Å². The normalized spacial score (nSPS) is 11.7. The molecule has 30 heavy (non-hydrogen) atoms. The van der Waals surface area contributed by atoms with Crippen molar-refractivity contribution >= 4 is 35.3 Å². The van der Waals surface area contributed by atoms with Crippen molar-refractivity contribution in [2.45, 2.75) is 18.6 Å². The van der Waals surface area contributed by atoms with Crippen LogP contribution < -0.4 is 16.4 Å². The number of carbonyl (C=O) groups excluding carboxylic acids is 1. The summed E-state index contributed by atoms with van der Waals surface area (Å²) in [6, 6.07) is 15.8. The fraction of sp³-hybridized carbons (Fsp3) is 0.238. The predicted molar refractivity (Wildman–Crippen MR) is 118 cm³/mol. The third kappa shape index (κ3) is 6.70. The van der Waals surface area contributed by atoms with Gasteiger partial charge in [-0.1, -0.05) is 30.3 Å². The van der Waals surface area contributed by atoms with Gasteiger partial charge in [0, 0.05) is 12.2 Å². The minimum atomic E-state index is -0.269. The highest BCUT2D eigenvalue weighted by Crippen LogP contribution is 2.26. The van der Waals surface area contributed by atoms with E-state index in [1.165, 1.54) is 23.9 Å².